The van der Waals surface area contributed by atoms with E-state index < -0.39 is 0 Å². The lowest BCUT2D eigenvalue weighted by Gasteiger charge is -2.12. The predicted octanol–water partition coefficient (Wildman–Crippen LogP) is 3.74. The molecule has 3 rings (SSSR count). The number of aromatic nitrogens is 2. The predicted molar refractivity (Wildman–Crippen MR) is 101 cm³/mol. The first kappa shape index (κ1) is 16.6. The average molecular weight is 332 g/mol. The zero-order valence-electron chi connectivity index (χ0n) is 14.5. The van der Waals surface area contributed by atoms with Gasteiger partial charge in [-0.3, -0.25) is 0 Å². The van der Waals surface area contributed by atoms with Crippen LogP contribution in [0.4, 0.5) is 10.5 Å². The largest absolute Gasteiger partial charge is 0.345 e. The Hall–Kier alpha value is -3.26. The molecule has 2 heterocycles. The number of anilines is 1. The average Bonchev–Trinajstić information content (AvgIpc) is 2.99. The quantitative estimate of drug-likeness (QED) is 0.626. The molecule has 1 atom stereocenters. The lowest BCUT2D eigenvalue weighted by Crippen LogP contribution is -2.35. The molecule has 1 unspecified atom stereocenters. The first-order valence-electron chi connectivity index (χ1n) is 8.11. The molecule has 0 saturated heterocycles. The second kappa shape index (κ2) is 7.10. The summed E-state index contributed by atoms with van der Waals surface area (Å²) in [5.74, 6) is 6.14. The lowest BCUT2D eigenvalue weighted by molar-refractivity contribution is 0.251. The van der Waals surface area contributed by atoms with E-state index in [-0.39, 0.29) is 12.1 Å². The minimum absolute atomic E-state index is 0.268. The van der Waals surface area contributed by atoms with Gasteiger partial charge < -0.3 is 15.6 Å². The van der Waals surface area contributed by atoms with Gasteiger partial charge in [-0.2, -0.15) is 0 Å². The SMILES string of the molecule is Cc1ccc(C)c(NC(=O)NC(C)C#Cc2c[nH]c3ncccc23)c1. The number of aryl methyl sites for hydroxylation is 2. The molecule has 0 aliphatic heterocycles. The number of fused-ring (bicyclic) bond motifs is 1. The van der Waals surface area contributed by atoms with Crippen molar-refractivity contribution in [3.05, 3.63) is 59.4 Å². The summed E-state index contributed by atoms with van der Waals surface area (Å²) in [4.78, 5) is 19.5. The van der Waals surface area contributed by atoms with Crippen molar-refractivity contribution < 1.29 is 4.79 Å². The first-order chi connectivity index (χ1) is 12.0. The van der Waals surface area contributed by atoms with E-state index in [2.05, 4.69) is 32.4 Å². The highest BCUT2D eigenvalue weighted by Gasteiger charge is 2.07. The number of pyridine rings is 1. The molecule has 1 aromatic carbocycles. The third-order valence-electron chi connectivity index (χ3n) is 3.86. The van der Waals surface area contributed by atoms with Gasteiger partial charge in [-0.15, -0.1) is 0 Å². The fraction of sp³-hybridized carbons (Fsp3) is 0.200. The fourth-order valence-electron chi connectivity index (χ4n) is 2.51. The molecule has 0 fully saturated rings. The van der Waals surface area contributed by atoms with Crippen LogP contribution in [0.15, 0.2) is 42.7 Å². The molecule has 5 heteroatoms. The van der Waals surface area contributed by atoms with Crippen LogP contribution in [0.3, 0.4) is 0 Å². The van der Waals surface area contributed by atoms with Crippen LogP contribution in [-0.2, 0) is 0 Å². The van der Waals surface area contributed by atoms with E-state index in [1.807, 2.05) is 57.3 Å². The molecule has 3 aromatic rings. The Kier molecular flexibility index (Phi) is 4.71. The molecule has 0 saturated carbocycles. The van der Waals surface area contributed by atoms with Crippen molar-refractivity contribution in [2.24, 2.45) is 0 Å². The Morgan fingerprint density at radius 1 is 1.28 bits per heavy atom. The minimum Gasteiger partial charge on any atom is -0.345 e. The Morgan fingerprint density at radius 2 is 2.12 bits per heavy atom. The van der Waals surface area contributed by atoms with E-state index in [1.54, 1.807) is 6.20 Å². The number of amides is 2. The summed E-state index contributed by atoms with van der Waals surface area (Å²) in [6.45, 7) is 5.80. The number of aromatic amines is 1. The Bertz CT molecular complexity index is 978. The van der Waals surface area contributed by atoms with Crippen molar-refractivity contribution >= 4 is 22.8 Å². The van der Waals surface area contributed by atoms with Crippen molar-refractivity contribution in [3.8, 4) is 11.8 Å². The second-order valence-electron chi connectivity index (χ2n) is 6.01. The molecule has 5 nitrogen and oxygen atoms in total. The third-order valence-corrected chi connectivity index (χ3v) is 3.86. The molecule has 25 heavy (non-hydrogen) atoms. The summed E-state index contributed by atoms with van der Waals surface area (Å²) in [6.07, 6.45) is 3.56. The molecular weight excluding hydrogens is 312 g/mol. The van der Waals surface area contributed by atoms with Gasteiger partial charge in [0.15, 0.2) is 0 Å². The van der Waals surface area contributed by atoms with E-state index in [1.165, 1.54) is 0 Å². The van der Waals surface area contributed by atoms with Crippen molar-refractivity contribution in [3.63, 3.8) is 0 Å². The van der Waals surface area contributed by atoms with Crippen molar-refractivity contribution in [1.82, 2.24) is 15.3 Å². The van der Waals surface area contributed by atoms with Gasteiger partial charge >= 0.3 is 6.03 Å². The molecule has 3 N–H and O–H groups in total. The highest BCUT2D eigenvalue weighted by atomic mass is 16.2. The van der Waals surface area contributed by atoms with Crippen LogP contribution >= 0.6 is 0 Å². The number of nitrogens with one attached hydrogen (secondary N) is 3. The molecule has 0 spiro atoms. The normalized spacial score (nSPS) is 11.5. The molecular formula is C20H20N4O. The number of urea groups is 1. The standard InChI is InChI=1S/C20H20N4O/c1-13-6-7-14(2)18(11-13)24-20(25)23-15(3)8-9-16-12-22-19-17(16)5-4-10-21-19/h4-7,10-12,15H,1-3H3,(H,21,22)(H2,23,24,25). The maximum atomic E-state index is 12.2. The van der Waals surface area contributed by atoms with E-state index in [0.29, 0.717) is 0 Å². The number of carbonyl (C=O) groups excluding carboxylic acids is 1. The van der Waals surface area contributed by atoms with E-state index in [0.717, 1.165) is 33.4 Å². The summed E-state index contributed by atoms with van der Waals surface area (Å²) in [5, 5.41) is 6.68. The Balaban J connectivity index is 1.66. The van der Waals surface area contributed by atoms with Gasteiger partial charge in [-0.05, 0) is 50.1 Å². The zero-order valence-corrected chi connectivity index (χ0v) is 14.5. The van der Waals surface area contributed by atoms with Gasteiger partial charge in [0.05, 0.1) is 11.6 Å². The minimum atomic E-state index is -0.285. The van der Waals surface area contributed by atoms with Crippen LogP contribution in [0.1, 0.15) is 23.6 Å². The fourth-order valence-corrected chi connectivity index (χ4v) is 2.51. The number of carbonyl (C=O) groups is 1. The molecule has 2 aromatic heterocycles. The van der Waals surface area contributed by atoms with Crippen LogP contribution < -0.4 is 10.6 Å². The topological polar surface area (TPSA) is 69.8 Å². The number of nitrogens with zero attached hydrogens (tertiary/aromatic N) is 1. The number of H-pyrrole nitrogens is 1. The van der Waals surface area contributed by atoms with Gasteiger partial charge in [-0.1, -0.05) is 24.0 Å². The lowest BCUT2D eigenvalue weighted by atomic mass is 10.1. The van der Waals surface area contributed by atoms with Gasteiger partial charge in [0.2, 0.25) is 0 Å². The van der Waals surface area contributed by atoms with Gasteiger partial charge in [0.25, 0.3) is 0 Å². The summed E-state index contributed by atoms with van der Waals surface area (Å²) in [6, 6.07) is 9.24. The Labute approximate surface area is 146 Å². The van der Waals surface area contributed by atoms with Gasteiger partial charge in [0, 0.05) is 23.5 Å². The highest BCUT2D eigenvalue weighted by Crippen LogP contribution is 2.16. The number of benzene rings is 1. The maximum Gasteiger partial charge on any atom is 0.320 e. The third kappa shape index (κ3) is 3.99. The highest BCUT2D eigenvalue weighted by molar-refractivity contribution is 5.90. The number of hydrogen-bond acceptors (Lipinski definition) is 2. The summed E-state index contributed by atoms with van der Waals surface area (Å²) in [5.41, 5.74) is 4.60. The van der Waals surface area contributed by atoms with Gasteiger partial charge in [-0.25, -0.2) is 9.78 Å². The van der Waals surface area contributed by atoms with Crippen LogP contribution in [0.5, 0.6) is 0 Å². The summed E-state index contributed by atoms with van der Waals surface area (Å²) in [7, 11) is 0. The molecule has 0 aliphatic rings. The molecule has 0 radical (unpaired) electrons. The van der Waals surface area contributed by atoms with E-state index in [4.69, 9.17) is 0 Å². The zero-order chi connectivity index (χ0) is 17.8. The first-order valence-corrected chi connectivity index (χ1v) is 8.11. The van der Waals surface area contributed by atoms with Crippen LogP contribution in [-0.4, -0.2) is 22.0 Å². The second-order valence-corrected chi connectivity index (χ2v) is 6.01. The smallest absolute Gasteiger partial charge is 0.320 e. The van der Waals surface area contributed by atoms with Crippen LogP contribution in [0.25, 0.3) is 11.0 Å². The Morgan fingerprint density at radius 3 is 2.96 bits per heavy atom. The van der Waals surface area contributed by atoms with Crippen molar-refractivity contribution in [2.75, 3.05) is 5.32 Å². The monoisotopic (exact) mass is 332 g/mol. The number of rotatable bonds is 2. The molecule has 126 valence electrons. The van der Waals surface area contributed by atoms with Crippen LogP contribution in [0, 0.1) is 25.7 Å². The molecule has 0 aliphatic carbocycles. The molecule has 0 bridgehead atoms. The van der Waals surface area contributed by atoms with E-state index in [9.17, 15) is 4.79 Å². The number of hydrogen-bond donors (Lipinski definition) is 3. The summed E-state index contributed by atoms with van der Waals surface area (Å²) >= 11 is 0. The maximum absolute atomic E-state index is 12.2. The van der Waals surface area contributed by atoms with Crippen LogP contribution in [0.2, 0.25) is 0 Å². The van der Waals surface area contributed by atoms with E-state index >= 15 is 0 Å². The summed E-state index contributed by atoms with van der Waals surface area (Å²) < 4.78 is 0. The van der Waals surface area contributed by atoms with Crippen molar-refractivity contribution in [2.45, 2.75) is 26.8 Å². The molecule has 2 amide bonds. The van der Waals surface area contributed by atoms with Gasteiger partial charge in [0.1, 0.15) is 5.65 Å². The van der Waals surface area contributed by atoms with Crippen molar-refractivity contribution in [1.29, 1.82) is 0 Å².